The average Bonchev–Trinajstić information content (AvgIpc) is 2.59. The molecule has 1 N–H and O–H groups in total. The van der Waals surface area contributed by atoms with E-state index < -0.39 is 5.97 Å². The first-order valence-corrected chi connectivity index (χ1v) is 8.11. The van der Waals surface area contributed by atoms with E-state index in [4.69, 9.17) is 9.47 Å². The molecule has 0 aliphatic carbocycles. The highest BCUT2D eigenvalue weighted by atomic mass is 79.9. The topological polar surface area (TPSA) is 68.7 Å². The predicted molar refractivity (Wildman–Crippen MR) is 93.6 cm³/mol. The molecule has 3 rings (SSSR count). The van der Waals surface area contributed by atoms with Gasteiger partial charge >= 0.3 is 5.97 Å². The molecule has 0 atom stereocenters. The molecule has 0 spiro atoms. The number of carbonyl (C=O) groups is 1. The smallest absolute Gasteiger partial charge is 0.360 e. The van der Waals surface area contributed by atoms with Crippen molar-refractivity contribution in [3.63, 3.8) is 0 Å². The maximum Gasteiger partial charge on any atom is 0.360 e. The number of hydrogen-bond acceptors (Lipinski definition) is 5. The van der Waals surface area contributed by atoms with E-state index in [1.54, 1.807) is 25.1 Å². The molecule has 0 bridgehead atoms. The van der Waals surface area contributed by atoms with Gasteiger partial charge in [-0.15, -0.1) is 0 Å². The molecule has 0 amide bonds. The number of para-hydroxylation sites is 1. The van der Waals surface area contributed by atoms with Gasteiger partial charge in [0.2, 0.25) is 0 Å². The van der Waals surface area contributed by atoms with Crippen LogP contribution in [-0.2, 0) is 4.74 Å². The van der Waals surface area contributed by atoms with E-state index in [2.05, 4.69) is 20.9 Å². The van der Waals surface area contributed by atoms with E-state index in [1.165, 1.54) is 0 Å². The summed E-state index contributed by atoms with van der Waals surface area (Å²) in [6, 6.07) is 14.5. The summed E-state index contributed by atoms with van der Waals surface area (Å²) >= 11 is 3.34. The summed E-state index contributed by atoms with van der Waals surface area (Å²) in [4.78, 5) is 16.0. The zero-order valence-corrected chi connectivity index (χ0v) is 14.4. The van der Waals surface area contributed by atoms with Crippen molar-refractivity contribution in [1.82, 2.24) is 4.98 Å². The summed E-state index contributed by atoms with van der Waals surface area (Å²) in [5.41, 5.74) is -0.118. The molecule has 0 aliphatic rings. The fraction of sp³-hybridized carbons (Fsp3) is 0.111. The molecule has 1 aromatic heterocycles. The van der Waals surface area contributed by atoms with Gasteiger partial charge in [-0.25, -0.2) is 9.78 Å². The van der Waals surface area contributed by atoms with E-state index in [-0.39, 0.29) is 18.1 Å². The lowest BCUT2D eigenvalue weighted by Crippen LogP contribution is -2.08. The van der Waals surface area contributed by atoms with Crippen LogP contribution in [0.5, 0.6) is 17.2 Å². The number of halogens is 1. The quantitative estimate of drug-likeness (QED) is 0.520. The number of fused-ring (bicyclic) bond motifs is 1. The van der Waals surface area contributed by atoms with Crippen molar-refractivity contribution in [3.8, 4) is 17.2 Å². The lowest BCUT2D eigenvalue weighted by Gasteiger charge is -2.11. The summed E-state index contributed by atoms with van der Waals surface area (Å²) in [5, 5.41) is 11.4. The van der Waals surface area contributed by atoms with E-state index in [9.17, 15) is 9.90 Å². The highest BCUT2D eigenvalue weighted by Crippen LogP contribution is 2.35. The zero-order chi connectivity index (χ0) is 17.1. The fourth-order valence-corrected chi connectivity index (χ4v) is 2.77. The van der Waals surface area contributed by atoms with E-state index in [1.807, 2.05) is 30.3 Å². The first kappa shape index (κ1) is 16.3. The van der Waals surface area contributed by atoms with Gasteiger partial charge in [-0.05, 0) is 53.2 Å². The molecule has 1 heterocycles. The number of esters is 1. The summed E-state index contributed by atoms with van der Waals surface area (Å²) in [7, 11) is 0. The second kappa shape index (κ2) is 6.88. The average molecular weight is 388 g/mol. The molecule has 2 aromatic carbocycles. The first-order chi connectivity index (χ1) is 11.6. The van der Waals surface area contributed by atoms with Gasteiger partial charge in [0.15, 0.2) is 11.4 Å². The minimum absolute atomic E-state index is 0.118. The molecule has 0 fully saturated rings. The molecule has 0 saturated heterocycles. The van der Waals surface area contributed by atoms with E-state index in [0.29, 0.717) is 26.9 Å². The zero-order valence-electron chi connectivity index (χ0n) is 12.8. The molecule has 0 aliphatic heterocycles. The van der Waals surface area contributed by atoms with Crippen LogP contribution in [0.1, 0.15) is 17.4 Å². The lowest BCUT2D eigenvalue weighted by atomic mass is 10.1. The number of benzene rings is 2. The van der Waals surface area contributed by atoms with Crippen LogP contribution in [-0.4, -0.2) is 22.7 Å². The second-order valence-electron chi connectivity index (χ2n) is 4.94. The third-order valence-corrected chi connectivity index (χ3v) is 3.95. The first-order valence-electron chi connectivity index (χ1n) is 7.32. The normalized spacial score (nSPS) is 10.6. The Hall–Kier alpha value is -2.60. The standard InChI is InChI=1S/C18H14BrNO4/c1-2-23-18(22)15-16(21)13-9-8-12(10-14(13)17(19)20-15)24-11-6-4-3-5-7-11/h3-10,21H,2H2,1H3. The number of nitrogens with zero attached hydrogens (tertiary/aromatic N) is 1. The van der Waals surface area contributed by atoms with Gasteiger partial charge in [0.25, 0.3) is 0 Å². The van der Waals surface area contributed by atoms with Crippen LogP contribution < -0.4 is 4.74 Å². The van der Waals surface area contributed by atoms with Crippen molar-refractivity contribution in [1.29, 1.82) is 0 Å². The summed E-state index contributed by atoms with van der Waals surface area (Å²) in [6.07, 6.45) is 0. The monoisotopic (exact) mass is 387 g/mol. The Labute approximate surface area is 147 Å². The van der Waals surface area contributed by atoms with Gasteiger partial charge in [0, 0.05) is 10.8 Å². The third-order valence-electron chi connectivity index (χ3n) is 3.35. The number of rotatable bonds is 4. The summed E-state index contributed by atoms with van der Waals surface area (Å²) < 4.78 is 11.1. The van der Waals surface area contributed by atoms with Crippen LogP contribution in [0.3, 0.4) is 0 Å². The molecule has 0 saturated carbocycles. The van der Waals surface area contributed by atoms with Crippen molar-refractivity contribution < 1.29 is 19.4 Å². The molecule has 0 radical (unpaired) electrons. The third kappa shape index (κ3) is 3.19. The van der Waals surface area contributed by atoms with Crippen molar-refractivity contribution in [2.24, 2.45) is 0 Å². The number of ether oxygens (including phenoxy) is 2. The van der Waals surface area contributed by atoms with Gasteiger partial charge in [-0.2, -0.15) is 0 Å². The Morgan fingerprint density at radius 2 is 1.88 bits per heavy atom. The Kier molecular flexibility index (Phi) is 4.66. The Morgan fingerprint density at radius 3 is 2.58 bits per heavy atom. The van der Waals surface area contributed by atoms with Gasteiger partial charge < -0.3 is 14.6 Å². The minimum Gasteiger partial charge on any atom is -0.505 e. The van der Waals surface area contributed by atoms with Crippen LogP contribution in [0.4, 0.5) is 0 Å². The van der Waals surface area contributed by atoms with Gasteiger partial charge in [0.05, 0.1) is 6.61 Å². The van der Waals surface area contributed by atoms with E-state index in [0.717, 1.165) is 0 Å². The molecule has 0 unspecified atom stereocenters. The fourth-order valence-electron chi connectivity index (χ4n) is 2.27. The highest BCUT2D eigenvalue weighted by molar-refractivity contribution is 9.10. The molecule has 6 heteroatoms. The van der Waals surface area contributed by atoms with Crippen molar-refractivity contribution in [2.75, 3.05) is 6.61 Å². The molecule has 122 valence electrons. The van der Waals surface area contributed by atoms with Gasteiger partial charge in [0.1, 0.15) is 16.1 Å². The predicted octanol–water partition coefficient (Wildman–Crippen LogP) is 4.67. The molecule has 24 heavy (non-hydrogen) atoms. The maximum absolute atomic E-state index is 11.9. The highest BCUT2D eigenvalue weighted by Gasteiger charge is 2.19. The van der Waals surface area contributed by atoms with Gasteiger partial charge in [-0.1, -0.05) is 18.2 Å². The van der Waals surface area contributed by atoms with Gasteiger partial charge in [-0.3, -0.25) is 0 Å². The van der Waals surface area contributed by atoms with Crippen LogP contribution in [0.25, 0.3) is 10.8 Å². The minimum atomic E-state index is -0.665. The SMILES string of the molecule is CCOC(=O)c1nc(Br)c2cc(Oc3ccccc3)ccc2c1O. The Balaban J connectivity index is 2.03. The van der Waals surface area contributed by atoms with Crippen molar-refractivity contribution in [3.05, 3.63) is 58.8 Å². The molecule has 3 aromatic rings. The molecule has 5 nitrogen and oxygen atoms in total. The number of pyridine rings is 1. The Bertz CT molecular complexity index is 896. The number of hydrogen-bond donors (Lipinski definition) is 1. The van der Waals surface area contributed by atoms with Crippen molar-refractivity contribution in [2.45, 2.75) is 6.92 Å². The van der Waals surface area contributed by atoms with Crippen molar-refractivity contribution >= 4 is 32.7 Å². The largest absolute Gasteiger partial charge is 0.505 e. The second-order valence-corrected chi connectivity index (χ2v) is 5.69. The van der Waals surface area contributed by atoms with Crippen LogP contribution in [0, 0.1) is 0 Å². The van der Waals surface area contributed by atoms with Crippen LogP contribution >= 0.6 is 15.9 Å². The number of aromatic nitrogens is 1. The number of aromatic hydroxyl groups is 1. The van der Waals surface area contributed by atoms with Crippen LogP contribution in [0.15, 0.2) is 53.1 Å². The maximum atomic E-state index is 11.9. The number of carbonyl (C=O) groups excluding carboxylic acids is 1. The summed E-state index contributed by atoms with van der Waals surface area (Å²) in [6.45, 7) is 1.90. The Morgan fingerprint density at radius 1 is 1.12 bits per heavy atom. The van der Waals surface area contributed by atoms with E-state index >= 15 is 0 Å². The molecular weight excluding hydrogens is 374 g/mol. The van der Waals surface area contributed by atoms with Crippen LogP contribution in [0.2, 0.25) is 0 Å². The molecular formula is C18H14BrNO4. The summed E-state index contributed by atoms with van der Waals surface area (Å²) in [5.74, 6) is 0.424. The lowest BCUT2D eigenvalue weighted by molar-refractivity contribution is 0.0516.